The first-order valence-electron chi connectivity index (χ1n) is 6.06. The average Bonchev–Trinajstić information content (AvgIpc) is 2.34. The third-order valence-corrected chi connectivity index (χ3v) is 3.38. The van der Waals surface area contributed by atoms with Gasteiger partial charge in [-0.25, -0.2) is 4.79 Å². The van der Waals surface area contributed by atoms with Crippen molar-refractivity contribution in [3.05, 3.63) is 28.7 Å². The number of rotatable bonds is 5. The number of carbonyl (C=O) groups is 2. The number of primary amides is 1. The minimum Gasteiger partial charge on any atom is -0.352 e. The van der Waals surface area contributed by atoms with Gasteiger partial charge in [-0.05, 0) is 24.1 Å². The molecule has 4 N–H and O–H groups in total. The number of halogens is 1. The summed E-state index contributed by atoms with van der Waals surface area (Å²) >= 11 is 3.33. The van der Waals surface area contributed by atoms with E-state index in [1.165, 1.54) is 0 Å². The van der Waals surface area contributed by atoms with E-state index >= 15 is 0 Å². The van der Waals surface area contributed by atoms with Crippen molar-refractivity contribution in [3.63, 3.8) is 0 Å². The fourth-order valence-corrected chi connectivity index (χ4v) is 2.04. The Morgan fingerprint density at radius 1 is 1.42 bits per heavy atom. The lowest BCUT2D eigenvalue weighted by Crippen LogP contribution is -2.49. The largest absolute Gasteiger partial charge is 0.352 e. The number of hydrogen-bond acceptors (Lipinski definition) is 2. The molecule has 6 heteroatoms. The predicted octanol–water partition coefficient (Wildman–Crippen LogP) is 2.47. The molecule has 0 aliphatic heterocycles. The summed E-state index contributed by atoms with van der Waals surface area (Å²) in [5.41, 5.74) is 5.77. The summed E-state index contributed by atoms with van der Waals surface area (Å²) in [5.74, 6) is -0.272. The Kier molecular flexibility index (Phi) is 5.82. The van der Waals surface area contributed by atoms with Crippen LogP contribution < -0.4 is 16.4 Å². The monoisotopic (exact) mass is 327 g/mol. The molecule has 5 nitrogen and oxygen atoms in total. The summed E-state index contributed by atoms with van der Waals surface area (Å²) in [7, 11) is 0. The normalized spacial score (nSPS) is 13.4. The molecule has 2 unspecified atom stereocenters. The molecule has 0 aromatic heterocycles. The molecular formula is C13H18BrN3O2. The number of amides is 3. The van der Waals surface area contributed by atoms with Crippen LogP contribution in [0, 0.1) is 5.92 Å². The maximum Gasteiger partial charge on any atom is 0.312 e. The molecule has 104 valence electrons. The molecule has 1 aromatic carbocycles. The van der Waals surface area contributed by atoms with E-state index in [-0.39, 0.29) is 11.8 Å². The third kappa shape index (κ3) is 4.90. The van der Waals surface area contributed by atoms with E-state index in [1.807, 2.05) is 26.0 Å². The number of urea groups is 1. The van der Waals surface area contributed by atoms with Crippen LogP contribution in [0.25, 0.3) is 0 Å². The third-order valence-electron chi connectivity index (χ3n) is 2.89. The van der Waals surface area contributed by atoms with Crippen molar-refractivity contribution in [2.24, 2.45) is 11.7 Å². The maximum atomic E-state index is 12.2. The van der Waals surface area contributed by atoms with Gasteiger partial charge in [-0.2, -0.15) is 0 Å². The molecule has 0 saturated heterocycles. The van der Waals surface area contributed by atoms with Gasteiger partial charge >= 0.3 is 6.03 Å². The van der Waals surface area contributed by atoms with Crippen LogP contribution in [0.2, 0.25) is 0 Å². The Hall–Kier alpha value is -1.56. The molecule has 0 heterocycles. The quantitative estimate of drug-likeness (QED) is 0.776. The van der Waals surface area contributed by atoms with Crippen LogP contribution in [-0.4, -0.2) is 18.0 Å². The molecule has 0 radical (unpaired) electrons. The summed E-state index contributed by atoms with van der Waals surface area (Å²) in [6.45, 7) is 3.84. The van der Waals surface area contributed by atoms with Crippen molar-refractivity contribution in [1.82, 2.24) is 5.32 Å². The predicted molar refractivity (Wildman–Crippen MR) is 78.7 cm³/mol. The van der Waals surface area contributed by atoms with Crippen molar-refractivity contribution in [1.29, 1.82) is 0 Å². The Labute approximate surface area is 121 Å². The zero-order valence-corrected chi connectivity index (χ0v) is 12.5. The van der Waals surface area contributed by atoms with Crippen molar-refractivity contribution >= 4 is 33.6 Å². The Balaban J connectivity index is 2.79. The molecule has 3 amide bonds. The van der Waals surface area contributed by atoms with Crippen LogP contribution in [0.1, 0.15) is 20.3 Å². The SMILES string of the molecule is CCC(C)C(NC(N)=O)C(=O)Nc1cccc(Br)c1. The standard InChI is InChI=1S/C13H18BrN3O2/c1-3-8(2)11(17-13(15)19)12(18)16-10-6-4-5-9(14)7-10/h4-8,11H,3H2,1-2H3,(H,16,18)(H3,15,17,19). The van der Waals surface area contributed by atoms with Crippen LogP contribution in [-0.2, 0) is 4.79 Å². The topological polar surface area (TPSA) is 84.2 Å². The van der Waals surface area contributed by atoms with E-state index in [0.29, 0.717) is 5.69 Å². The molecule has 1 aromatic rings. The average molecular weight is 328 g/mol. The minimum atomic E-state index is -0.699. The minimum absolute atomic E-state index is 0.000321. The molecule has 0 saturated carbocycles. The zero-order chi connectivity index (χ0) is 14.4. The van der Waals surface area contributed by atoms with E-state index in [4.69, 9.17) is 5.73 Å². The van der Waals surface area contributed by atoms with Gasteiger partial charge in [-0.3, -0.25) is 4.79 Å². The van der Waals surface area contributed by atoms with Crippen LogP contribution >= 0.6 is 15.9 Å². The molecule has 0 fully saturated rings. The molecule has 0 aliphatic rings. The summed E-state index contributed by atoms with van der Waals surface area (Å²) < 4.78 is 0.869. The van der Waals surface area contributed by atoms with Crippen molar-refractivity contribution in [3.8, 4) is 0 Å². The highest BCUT2D eigenvalue weighted by Crippen LogP contribution is 2.17. The number of anilines is 1. The molecule has 19 heavy (non-hydrogen) atoms. The Morgan fingerprint density at radius 2 is 2.11 bits per heavy atom. The number of benzene rings is 1. The first kappa shape index (κ1) is 15.5. The van der Waals surface area contributed by atoms with Crippen LogP contribution in [0.3, 0.4) is 0 Å². The maximum absolute atomic E-state index is 12.2. The molecule has 0 aliphatic carbocycles. The van der Waals surface area contributed by atoms with E-state index in [9.17, 15) is 9.59 Å². The molecular weight excluding hydrogens is 310 g/mol. The summed E-state index contributed by atoms with van der Waals surface area (Å²) in [5, 5.41) is 5.24. The van der Waals surface area contributed by atoms with E-state index < -0.39 is 12.1 Å². The first-order chi connectivity index (χ1) is 8.93. The second-order valence-electron chi connectivity index (χ2n) is 4.37. The van der Waals surface area contributed by atoms with Crippen molar-refractivity contribution in [2.75, 3.05) is 5.32 Å². The van der Waals surface area contributed by atoms with E-state index in [2.05, 4.69) is 26.6 Å². The van der Waals surface area contributed by atoms with Crippen LogP contribution in [0.5, 0.6) is 0 Å². The molecule has 2 atom stereocenters. The zero-order valence-electron chi connectivity index (χ0n) is 10.9. The van der Waals surface area contributed by atoms with Gasteiger partial charge < -0.3 is 16.4 Å². The highest BCUT2D eigenvalue weighted by molar-refractivity contribution is 9.10. The molecule has 0 spiro atoms. The number of hydrogen-bond donors (Lipinski definition) is 3. The fraction of sp³-hybridized carbons (Fsp3) is 0.385. The van der Waals surface area contributed by atoms with Crippen LogP contribution in [0.4, 0.5) is 10.5 Å². The van der Waals surface area contributed by atoms with Gasteiger partial charge in [-0.15, -0.1) is 0 Å². The summed E-state index contributed by atoms with van der Waals surface area (Å²) in [6, 6.07) is 5.91. The van der Waals surface area contributed by atoms with Gasteiger partial charge in [0, 0.05) is 10.2 Å². The Bertz CT molecular complexity index is 465. The lowest BCUT2D eigenvalue weighted by atomic mass is 9.98. The smallest absolute Gasteiger partial charge is 0.312 e. The first-order valence-corrected chi connectivity index (χ1v) is 6.85. The van der Waals surface area contributed by atoms with E-state index in [0.717, 1.165) is 10.9 Å². The van der Waals surface area contributed by atoms with Crippen molar-refractivity contribution in [2.45, 2.75) is 26.3 Å². The lowest BCUT2D eigenvalue weighted by Gasteiger charge is -2.22. The molecule has 0 bridgehead atoms. The number of nitrogens with two attached hydrogens (primary N) is 1. The second-order valence-corrected chi connectivity index (χ2v) is 5.29. The number of nitrogens with one attached hydrogen (secondary N) is 2. The van der Waals surface area contributed by atoms with Gasteiger partial charge in [0.05, 0.1) is 0 Å². The van der Waals surface area contributed by atoms with Gasteiger partial charge in [0.1, 0.15) is 6.04 Å². The van der Waals surface area contributed by atoms with E-state index in [1.54, 1.807) is 12.1 Å². The number of carbonyl (C=O) groups excluding carboxylic acids is 2. The fourth-order valence-electron chi connectivity index (χ4n) is 1.64. The van der Waals surface area contributed by atoms with Crippen LogP contribution in [0.15, 0.2) is 28.7 Å². The van der Waals surface area contributed by atoms with Gasteiger partial charge in [0.2, 0.25) is 5.91 Å². The second kappa shape index (κ2) is 7.13. The summed E-state index contributed by atoms with van der Waals surface area (Å²) in [4.78, 5) is 23.1. The van der Waals surface area contributed by atoms with Gasteiger partial charge in [-0.1, -0.05) is 42.3 Å². The van der Waals surface area contributed by atoms with Crippen molar-refractivity contribution < 1.29 is 9.59 Å². The molecule has 1 rings (SSSR count). The Morgan fingerprint density at radius 3 is 2.63 bits per heavy atom. The van der Waals surface area contributed by atoms with Gasteiger partial charge in [0.15, 0.2) is 0 Å². The highest BCUT2D eigenvalue weighted by Gasteiger charge is 2.25. The van der Waals surface area contributed by atoms with Gasteiger partial charge in [0.25, 0.3) is 0 Å². The summed E-state index contributed by atoms with van der Waals surface area (Å²) in [6.07, 6.45) is 0.761. The highest BCUT2D eigenvalue weighted by atomic mass is 79.9. The lowest BCUT2D eigenvalue weighted by molar-refractivity contribution is -0.119.